The molecule has 0 N–H and O–H groups in total. The fourth-order valence-corrected chi connectivity index (χ4v) is 3.41. The predicted molar refractivity (Wildman–Crippen MR) is 104 cm³/mol. The number of rotatable bonds is 5. The molecule has 5 nitrogen and oxygen atoms in total. The van der Waals surface area contributed by atoms with E-state index in [1.807, 2.05) is 56.3 Å². The maximum absolute atomic E-state index is 12.9. The Kier molecular flexibility index (Phi) is 5.23. The molecule has 0 radical (unpaired) electrons. The molecule has 0 unspecified atom stereocenters. The largest absolute Gasteiger partial charge is 0.497 e. The number of benzene rings is 1. The predicted octanol–water partition coefficient (Wildman–Crippen LogP) is 4.73. The summed E-state index contributed by atoms with van der Waals surface area (Å²) < 4.78 is 13.5. The molecule has 3 rings (SSSR count). The number of carbonyl (C=O) groups is 1. The van der Waals surface area contributed by atoms with Gasteiger partial charge in [0.05, 0.1) is 19.2 Å². The Balaban J connectivity index is 1.90. The first-order chi connectivity index (χ1) is 12.4. The Labute approximate surface area is 161 Å². The number of amides is 1. The number of aryl methyl sites for hydroxylation is 1. The SMILES string of the molecule is COc1cccc(-n2c(C)cc(C(=O)N(C)Cc3ccc(Br)o3)c2C)c1. The van der Waals surface area contributed by atoms with Crippen LogP contribution in [-0.4, -0.2) is 29.5 Å². The first-order valence-electron chi connectivity index (χ1n) is 8.23. The number of halogens is 1. The average Bonchev–Trinajstić information content (AvgIpc) is 3.16. The minimum atomic E-state index is -0.0419. The number of hydrogen-bond acceptors (Lipinski definition) is 3. The highest BCUT2D eigenvalue weighted by atomic mass is 79.9. The van der Waals surface area contributed by atoms with Gasteiger partial charge in [0.2, 0.25) is 0 Å². The topological polar surface area (TPSA) is 47.6 Å². The summed E-state index contributed by atoms with van der Waals surface area (Å²) in [5, 5.41) is 0. The lowest BCUT2D eigenvalue weighted by molar-refractivity contribution is 0.0774. The van der Waals surface area contributed by atoms with Gasteiger partial charge in [-0.1, -0.05) is 6.07 Å². The third-order valence-corrected chi connectivity index (χ3v) is 4.77. The molecular weight excluding hydrogens is 396 g/mol. The zero-order chi connectivity index (χ0) is 18.8. The molecule has 0 atom stereocenters. The fraction of sp³-hybridized carbons (Fsp3) is 0.250. The van der Waals surface area contributed by atoms with E-state index >= 15 is 0 Å². The normalized spacial score (nSPS) is 10.8. The van der Waals surface area contributed by atoms with E-state index in [2.05, 4.69) is 20.5 Å². The smallest absolute Gasteiger partial charge is 0.255 e. The second-order valence-corrected chi connectivity index (χ2v) is 6.97. The van der Waals surface area contributed by atoms with E-state index in [0.29, 0.717) is 16.8 Å². The highest BCUT2D eigenvalue weighted by Gasteiger charge is 2.20. The van der Waals surface area contributed by atoms with Crippen LogP contribution in [0.4, 0.5) is 0 Å². The van der Waals surface area contributed by atoms with Gasteiger partial charge in [-0.25, -0.2) is 0 Å². The van der Waals surface area contributed by atoms with Crippen molar-refractivity contribution in [2.45, 2.75) is 20.4 Å². The van der Waals surface area contributed by atoms with Crippen LogP contribution in [0.3, 0.4) is 0 Å². The molecule has 1 aromatic carbocycles. The summed E-state index contributed by atoms with van der Waals surface area (Å²) in [7, 11) is 3.42. The molecule has 2 heterocycles. The zero-order valence-electron chi connectivity index (χ0n) is 15.2. The summed E-state index contributed by atoms with van der Waals surface area (Å²) in [6, 6.07) is 13.4. The van der Waals surface area contributed by atoms with Gasteiger partial charge in [0.1, 0.15) is 11.5 Å². The molecule has 0 saturated heterocycles. The first-order valence-corrected chi connectivity index (χ1v) is 9.03. The summed E-state index contributed by atoms with van der Waals surface area (Å²) in [6.07, 6.45) is 0. The van der Waals surface area contributed by atoms with Crippen molar-refractivity contribution >= 4 is 21.8 Å². The fourth-order valence-electron chi connectivity index (χ4n) is 3.07. The van der Waals surface area contributed by atoms with Crippen LogP contribution in [0, 0.1) is 13.8 Å². The van der Waals surface area contributed by atoms with Crippen molar-refractivity contribution < 1.29 is 13.9 Å². The van der Waals surface area contributed by atoms with Crippen molar-refractivity contribution in [3.8, 4) is 11.4 Å². The molecule has 1 amide bonds. The van der Waals surface area contributed by atoms with Crippen LogP contribution in [0.25, 0.3) is 5.69 Å². The minimum absolute atomic E-state index is 0.0419. The summed E-state index contributed by atoms with van der Waals surface area (Å²) in [5.74, 6) is 1.47. The van der Waals surface area contributed by atoms with E-state index < -0.39 is 0 Å². The van der Waals surface area contributed by atoms with Crippen molar-refractivity contribution in [3.63, 3.8) is 0 Å². The number of aromatic nitrogens is 1. The molecule has 26 heavy (non-hydrogen) atoms. The van der Waals surface area contributed by atoms with Crippen molar-refractivity contribution in [1.29, 1.82) is 0 Å². The van der Waals surface area contributed by atoms with E-state index in [1.165, 1.54) is 0 Å². The Hall–Kier alpha value is -2.47. The quantitative estimate of drug-likeness (QED) is 0.603. The third-order valence-electron chi connectivity index (χ3n) is 4.34. The van der Waals surface area contributed by atoms with Gasteiger partial charge in [-0.2, -0.15) is 0 Å². The van der Waals surface area contributed by atoms with Gasteiger partial charge in [-0.15, -0.1) is 0 Å². The highest BCUT2D eigenvalue weighted by molar-refractivity contribution is 9.10. The zero-order valence-corrected chi connectivity index (χ0v) is 16.8. The van der Waals surface area contributed by atoms with Crippen LogP contribution in [-0.2, 0) is 6.54 Å². The summed E-state index contributed by atoms with van der Waals surface area (Å²) in [6.45, 7) is 4.36. The van der Waals surface area contributed by atoms with Crippen molar-refractivity contribution in [2.24, 2.45) is 0 Å². The lowest BCUT2D eigenvalue weighted by Crippen LogP contribution is -2.26. The Morgan fingerprint density at radius 1 is 1.23 bits per heavy atom. The summed E-state index contributed by atoms with van der Waals surface area (Å²) in [4.78, 5) is 14.6. The second kappa shape index (κ2) is 7.41. The van der Waals surface area contributed by atoms with Gasteiger partial charge in [0.15, 0.2) is 4.67 Å². The summed E-state index contributed by atoms with van der Waals surface area (Å²) >= 11 is 3.28. The highest BCUT2D eigenvalue weighted by Crippen LogP contribution is 2.25. The van der Waals surface area contributed by atoms with Crippen LogP contribution in [0.15, 0.2) is 51.6 Å². The molecule has 0 saturated carbocycles. The molecule has 0 fully saturated rings. The van der Waals surface area contributed by atoms with Crippen LogP contribution >= 0.6 is 15.9 Å². The van der Waals surface area contributed by atoms with Crippen LogP contribution < -0.4 is 4.74 Å². The van der Waals surface area contributed by atoms with Gasteiger partial charge >= 0.3 is 0 Å². The van der Waals surface area contributed by atoms with E-state index in [4.69, 9.17) is 9.15 Å². The number of furan rings is 1. The number of ether oxygens (including phenoxy) is 1. The molecule has 0 spiro atoms. The van der Waals surface area contributed by atoms with Gasteiger partial charge in [-0.3, -0.25) is 4.79 Å². The van der Waals surface area contributed by atoms with Gasteiger partial charge in [-0.05, 0) is 60.1 Å². The van der Waals surface area contributed by atoms with Crippen LogP contribution in [0.1, 0.15) is 27.5 Å². The second-order valence-electron chi connectivity index (χ2n) is 6.19. The van der Waals surface area contributed by atoms with E-state index in [1.54, 1.807) is 19.1 Å². The maximum atomic E-state index is 12.9. The molecular formula is C20H21BrN2O3. The van der Waals surface area contributed by atoms with Crippen molar-refractivity contribution in [3.05, 3.63) is 69.8 Å². The van der Waals surface area contributed by atoms with E-state index in [-0.39, 0.29) is 5.91 Å². The lowest BCUT2D eigenvalue weighted by atomic mass is 10.2. The van der Waals surface area contributed by atoms with Crippen LogP contribution in [0.5, 0.6) is 5.75 Å². The molecule has 3 aromatic rings. The monoisotopic (exact) mass is 416 g/mol. The average molecular weight is 417 g/mol. The molecule has 6 heteroatoms. The number of carbonyl (C=O) groups excluding carboxylic acids is 1. The molecule has 136 valence electrons. The van der Waals surface area contributed by atoms with Crippen LogP contribution in [0.2, 0.25) is 0 Å². The molecule has 0 aliphatic carbocycles. The molecule has 0 bridgehead atoms. The van der Waals surface area contributed by atoms with E-state index in [9.17, 15) is 4.79 Å². The Morgan fingerprint density at radius 2 is 2.00 bits per heavy atom. The molecule has 0 aliphatic rings. The standard InChI is InChI=1S/C20H21BrN2O3/c1-13-10-18(20(24)22(3)12-17-8-9-19(21)26-17)14(2)23(13)15-6-5-7-16(11-15)25-4/h5-11H,12H2,1-4H3. The van der Waals surface area contributed by atoms with Crippen molar-refractivity contribution in [2.75, 3.05) is 14.2 Å². The Bertz CT molecular complexity index is 942. The summed E-state index contributed by atoms with van der Waals surface area (Å²) in [5.41, 5.74) is 3.54. The van der Waals surface area contributed by atoms with Gasteiger partial charge in [0, 0.05) is 30.2 Å². The number of methoxy groups -OCH3 is 1. The molecule has 0 aliphatic heterocycles. The number of hydrogen-bond donors (Lipinski definition) is 0. The molecule has 2 aromatic heterocycles. The minimum Gasteiger partial charge on any atom is -0.497 e. The van der Waals surface area contributed by atoms with Gasteiger partial charge in [0.25, 0.3) is 5.91 Å². The first kappa shape index (κ1) is 18.3. The lowest BCUT2D eigenvalue weighted by Gasteiger charge is -2.16. The maximum Gasteiger partial charge on any atom is 0.255 e. The Morgan fingerprint density at radius 3 is 2.65 bits per heavy atom. The van der Waals surface area contributed by atoms with E-state index in [0.717, 1.165) is 28.6 Å². The third kappa shape index (κ3) is 3.55. The van der Waals surface area contributed by atoms with Gasteiger partial charge < -0.3 is 18.6 Å². The van der Waals surface area contributed by atoms with Crippen molar-refractivity contribution in [1.82, 2.24) is 9.47 Å². The number of nitrogens with zero attached hydrogens (tertiary/aromatic N) is 2.